The molecular weight excluding hydrogens is 406 g/mol. The smallest absolute Gasteiger partial charge is 0 e. The third kappa shape index (κ3) is 45.9. The molecular formula is C28H58N5. The van der Waals surface area contributed by atoms with Crippen LogP contribution in [-0.2, 0) is 0 Å². The molecule has 15 radical (unpaired) electrons. The van der Waals surface area contributed by atoms with Crippen LogP contribution in [0, 0.1) is 0 Å². The Kier molecular flexibility index (Phi) is 63.4. The van der Waals surface area contributed by atoms with E-state index in [1.165, 1.54) is 167 Å². The van der Waals surface area contributed by atoms with E-state index < -0.39 is 0 Å². The van der Waals surface area contributed by atoms with E-state index in [1.54, 1.807) is 0 Å². The van der Waals surface area contributed by atoms with Gasteiger partial charge >= 0.3 is 0 Å². The van der Waals surface area contributed by atoms with Gasteiger partial charge in [0.05, 0.1) is 0 Å². The molecule has 33 heavy (non-hydrogen) atoms. The third-order valence-corrected chi connectivity index (χ3v) is 6.46. The Bertz CT molecular complexity index is 239. The maximum Gasteiger partial charge on any atom is 0 e. The second kappa shape index (κ2) is 45.3. The summed E-state index contributed by atoms with van der Waals surface area (Å²) >= 11 is 0. The fraction of sp³-hybridized carbons (Fsp3) is 1.00. The van der Waals surface area contributed by atoms with Crippen molar-refractivity contribution in [3.05, 3.63) is 0 Å². The third-order valence-electron chi connectivity index (χ3n) is 6.46. The van der Waals surface area contributed by atoms with Crippen LogP contribution in [0.4, 0.5) is 0 Å². The van der Waals surface area contributed by atoms with Crippen molar-refractivity contribution in [3.8, 4) is 0 Å². The summed E-state index contributed by atoms with van der Waals surface area (Å²) in [5.41, 5.74) is 0. The van der Waals surface area contributed by atoms with Gasteiger partial charge in [0.25, 0.3) is 0 Å². The molecule has 0 unspecified atom stereocenters. The molecule has 0 N–H and O–H groups in total. The highest BCUT2D eigenvalue weighted by Gasteiger charge is 1.96. The average molecular weight is 465 g/mol. The summed E-state index contributed by atoms with van der Waals surface area (Å²) in [6.45, 7) is 4.61. The Hall–Kier alpha value is -0.200. The molecule has 0 aliphatic carbocycles. The first-order chi connectivity index (χ1) is 13.9. The minimum Gasteiger partial charge on any atom is -0.0654 e. The van der Waals surface area contributed by atoms with Crippen molar-refractivity contribution < 1.29 is 0 Å². The van der Waals surface area contributed by atoms with Crippen molar-refractivity contribution in [1.29, 1.82) is 0 Å². The number of rotatable bonds is 25. The Morgan fingerprint density at radius 1 is 0.182 bits per heavy atom. The van der Waals surface area contributed by atoms with E-state index in [1.807, 2.05) is 0 Å². The van der Waals surface area contributed by atoms with Gasteiger partial charge in [-0.2, -0.15) is 0 Å². The van der Waals surface area contributed by atoms with Crippen LogP contribution in [0.3, 0.4) is 0 Å². The van der Waals surface area contributed by atoms with E-state index in [0.29, 0.717) is 0 Å². The van der Waals surface area contributed by atoms with Gasteiger partial charge in [-0.3, -0.25) is 0 Å². The molecule has 0 fully saturated rings. The Morgan fingerprint density at radius 2 is 0.273 bits per heavy atom. The Morgan fingerprint density at radius 3 is 0.364 bits per heavy atom. The van der Waals surface area contributed by atoms with Crippen molar-refractivity contribution >= 4 is 0 Å². The fourth-order valence-electron chi connectivity index (χ4n) is 4.39. The van der Waals surface area contributed by atoms with E-state index in [2.05, 4.69) is 13.8 Å². The van der Waals surface area contributed by atoms with Crippen molar-refractivity contribution in [3.63, 3.8) is 0 Å². The quantitative estimate of drug-likeness (QED) is 0.118. The molecule has 0 aromatic heterocycles. The second-order valence-electron chi connectivity index (χ2n) is 9.49. The van der Waals surface area contributed by atoms with Crippen LogP contribution in [0.5, 0.6) is 0 Å². The maximum atomic E-state index is 2.30. The summed E-state index contributed by atoms with van der Waals surface area (Å²) in [7, 11) is 0. The minimum atomic E-state index is 0. The zero-order chi connectivity index (χ0) is 20.4. The second-order valence-corrected chi connectivity index (χ2v) is 9.49. The lowest BCUT2D eigenvalue weighted by molar-refractivity contribution is 0.516. The zero-order valence-corrected chi connectivity index (χ0v) is 22.6. The standard InChI is InChI=1S/C28H58.5N/c1-3-5-7-9-11-13-15-17-19-21-23-25-27-28-26-24-22-20-18-16-14-12-10-8-6-4-2;;;;;/h3-28H2,1-2H3;;;;;. The molecule has 0 saturated carbocycles. The van der Waals surface area contributed by atoms with Gasteiger partial charge in [-0.1, -0.05) is 181 Å². The van der Waals surface area contributed by atoms with Crippen LogP contribution in [0.15, 0.2) is 0 Å². The van der Waals surface area contributed by atoms with Gasteiger partial charge < -0.3 is 0 Å². The van der Waals surface area contributed by atoms with Gasteiger partial charge in [-0.05, 0) is 0 Å². The molecule has 0 amide bonds. The van der Waals surface area contributed by atoms with Gasteiger partial charge in [0.2, 0.25) is 0 Å². The maximum absolute atomic E-state index is 2.30. The van der Waals surface area contributed by atoms with Crippen LogP contribution < -0.4 is 30.8 Å². The summed E-state index contributed by atoms with van der Waals surface area (Å²) in [4.78, 5) is 0. The van der Waals surface area contributed by atoms with Gasteiger partial charge in [0.1, 0.15) is 0 Å². The summed E-state index contributed by atoms with van der Waals surface area (Å²) in [6, 6.07) is 0. The highest BCUT2D eigenvalue weighted by atomic mass is 14.0. The molecule has 0 spiro atoms. The number of hydrogen-bond donors (Lipinski definition) is 0. The molecule has 0 saturated heterocycles. The summed E-state index contributed by atoms with van der Waals surface area (Å²) in [5.74, 6) is 0. The molecule has 0 heterocycles. The lowest BCUT2D eigenvalue weighted by Crippen LogP contribution is -1.84. The molecule has 0 aromatic rings. The van der Waals surface area contributed by atoms with Crippen molar-refractivity contribution in [1.82, 2.24) is 30.8 Å². The van der Waals surface area contributed by atoms with Crippen LogP contribution in [0.25, 0.3) is 0 Å². The SMILES string of the molecule is CCCCCCCCCCCCCCCCCCCCCCCCCCCC.[N].[N].[N].[N].[N]. The van der Waals surface area contributed by atoms with Crippen LogP contribution in [0.2, 0.25) is 0 Å². The molecule has 0 atom stereocenters. The van der Waals surface area contributed by atoms with Crippen LogP contribution in [-0.4, -0.2) is 0 Å². The van der Waals surface area contributed by atoms with E-state index in [0.717, 1.165) is 0 Å². The summed E-state index contributed by atoms with van der Waals surface area (Å²) in [6.07, 6.45) is 38.4. The van der Waals surface area contributed by atoms with E-state index in [-0.39, 0.29) is 30.8 Å². The molecule has 0 aliphatic heterocycles. The lowest BCUT2D eigenvalue weighted by Gasteiger charge is -2.04. The molecule has 195 valence electrons. The molecule has 0 aliphatic rings. The predicted molar refractivity (Wildman–Crippen MR) is 142 cm³/mol. The highest BCUT2D eigenvalue weighted by Crippen LogP contribution is 2.15. The van der Waals surface area contributed by atoms with Gasteiger partial charge in [0.15, 0.2) is 0 Å². The Balaban J connectivity index is -0.000000364. The largest absolute Gasteiger partial charge is 0.0654 e. The van der Waals surface area contributed by atoms with Gasteiger partial charge in [-0.15, -0.1) is 0 Å². The summed E-state index contributed by atoms with van der Waals surface area (Å²) < 4.78 is 0. The monoisotopic (exact) mass is 464 g/mol. The fourth-order valence-corrected chi connectivity index (χ4v) is 4.39. The number of nitrogens with zero attached hydrogens (tertiary/aromatic N) is 5. The zero-order valence-electron chi connectivity index (χ0n) is 22.6. The lowest BCUT2D eigenvalue weighted by atomic mass is 10.0. The molecule has 0 bridgehead atoms. The first kappa shape index (κ1) is 46.2. The molecule has 0 aromatic carbocycles. The van der Waals surface area contributed by atoms with Gasteiger partial charge in [0, 0.05) is 30.8 Å². The normalized spacial score (nSPS) is 9.64. The topological polar surface area (TPSA) is 152 Å². The predicted octanol–water partition coefficient (Wildman–Crippen LogP) is 8.77. The van der Waals surface area contributed by atoms with E-state index >= 15 is 0 Å². The van der Waals surface area contributed by atoms with Crippen LogP contribution in [0.1, 0.15) is 181 Å². The van der Waals surface area contributed by atoms with Crippen LogP contribution >= 0.6 is 0 Å². The first-order valence-electron chi connectivity index (χ1n) is 13.9. The van der Waals surface area contributed by atoms with Gasteiger partial charge in [-0.25, -0.2) is 0 Å². The van der Waals surface area contributed by atoms with E-state index in [9.17, 15) is 0 Å². The molecule has 0 rings (SSSR count). The molecule has 5 heteroatoms. The van der Waals surface area contributed by atoms with Crippen molar-refractivity contribution in [2.45, 2.75) is 181 Å². The Labute approximate surface area is 211 Å². The average Bonchev–Trinajstić information content (AvgIpc) is 2.71. The van der Waals surface area contributed by atoms with E-state index in [4.69, 9.17) is 0 Å². The molecule has 5 nitrogen and oxygen atoms in total. The van der Waals surface area contributed by atoms with Crippen molar-refractivity contribution in [2.75, 3.05) is 0 Å². The highest BCUT2D eigenvalue weighted by molar-refractivity contribution is 4.51. The minimum absolute atomic E-state index is 0. The first-order valence-corrected chi connectivity index (χ1v) is 13.9. The van der Waals surface area contributed by atoms with Crippen molar-refractivity contribution in [2.24, 2.45) is 0 Å². The number of hydrogen-bond acceptors (Lipinski definition) is 0. The summed E-state index contributed by atoms with van der Waals surface area (Å²) in [5, 5.41) is 0. The number of unbranched alkanes of at least 4 members (excludes halogenated alkanes) is 25.